The van der Waals surface area contributed by atoms with Gasteiger partial charge in [-0.25, -0.2) is 0 Å². The van der Waals surface area contributed by atoms with E-state index in [1.54, 1.807) is 31.1 Å². The van der Waals surface area contributed by atoms with Gasteiger partial charge in [-0.3, -0.25) is 4.79 Å². The van der Waals surface area contributed by atoms with E-state index in [0.29, 0.717) is 35.9 Å². The second-order valence-corrected chi connectivity index (χ2v) is 6.64. The first kappa shape index (κ1) is 18.7. The molecule has 1 aromatic rings. The molecule has 1 aromatic carbocycles. The zero-order valence-electron chi connectivity index (χ0n) is 15.3. The second-order valence-electron chi connectivity index (χ2n) is 6.64. The molecule has 0 aliphatic carbocycles. The third-order valence-corrected chi connectivity index (χ3v) is 4.37. The molecule has 0 aromatic heterocycles. The lowest BCUT2D eigenvalue weighted by atomic mass is 10.1. The maximum Gasteiger partial charge on any atom is 0.161 e. The van der Waals surface area contributed by atoms with Crippen LogP contribution >= 0.6 is 0 Å². The van der Waals surface area contributed by atoms with Gasteiger partial charge in [0.15, 0.2) is 17.3 Å². The Morgan fingerprint density at radius 2 is 1.92 bits per heavy atom. The lowest BCUT2D eigenvalue weighted by Gasteiger charge is -2.32. The van der Waals surface area contributed by atoms with Crippen molar-refractivity contribution in [3.05, 3.63) is 23.8 Å². The molecule has 24 heavy (non-hydrogen) atoms. The van der Waals surface area contributed by atoms with Gasteiger partial charge >= 0.3 is 0 Å². The first-order valence-electron chi connectivity index (χ1n) is 8.80. The van der Waals surface area contributed by atoms with Gasteiger partial charge in [-0.2, -0.15) is 0 Å². The number of carbonyl (C=O) groups excluding carboxylic acids is 1. The van der Waals surface area contributed by atoms with Gasteiger partial charge in [0.05, 0.1) is 20.3 Å². The summed E-state index contributed by atoms with van der Waals surface area (Å²) in [5.74, 6) is 1.34. The summed E-state index contributed by atoms with van der Waals surface area (Å²) in [6.45, 7) is 9.83. The van der Waals surface area contributed by atoms with E-state index in [-0.39, 0.29) is 5.78 Å². The normalized spacial score (nSPS) is 23.8. The number of Topliss-reactive ketones (excluding diaryl/α,β-unsaturated/α-hetero) is 1. The number of rotatable bonds is 8. The average molecular weight is 336 g/mol. The Balaban J connectivity index is 1.73. The molecule has 1 N–H and O–H groups in total. The van der Waals surface area contributed by atoms with Crippen molar-refractivity contribution in [3.63, 3.8) is 0 Å². The van der Waals surface area contributed by atoms with Gasteiger partial charge in [0.25, 0.3) is 0 Å². The van der Waals surface area contributed by atoms with Crippen molar-refractivity contribution in [2.75, 3.05) is 33.4 Å². The molecular formula is C19H30NO4+. The Morgan fingerprint density at radius 3 is 2.54 bits per heavy atom. The standard InChI is InChI=1S/C19H29NO4/c1-14-12-20(13-15(2)24-14)9-5-6-10-23-18-8-7-17(16(3)21)11-19(18)22-4/h7-8,11,14-15H,5-6,9-10,12-13H2,1-4H3/p+1/t14-,15+. The molecule has 1 unspecified atom stereocenters. The highest BCUT2D eigenvalue weighted by Crippen LogP contribution is 2.28. The van der Waals surface area contributed by atoms with Crippen LogP contribution in [0.2, 0.25) is 0 Å². The largest absolute Gasteiger partial charge is 0.493 e. The van der Waals surface area contributed by atoms with Gasteiger partial charge in [-0.1, -0.05) is 0 Å². The van der Waals surface area contributed by atoms with Gasteiger partial charge in [-0.15, -0.1) is 0 Å². The maximum absolute atomic E-state index is 11.4. The number of hydrogen-bond donors (Lipinski definition) is 1. The molecule has 1 aliphatic rings. The average Bonchev–Trinajstić information content (AvgIpc) is 2.53. The SMILES string of the molecule is COc1cc(C(C)=O)ccc1OCCCC[NH+]1C[C@@H](C)O[C@@H](C)C1. The van der Waals surface area contributed by atoms with Crippen molar-refractivity contribution in [2.24, 2.45) is 0 Å². The minimum absolute atomic E-state index is 0.0248. The summed E-state index contributed by atoms with van der Waals surface area (Å²) in [5, 5.41) is 0. The number of methoxy groups -OCH3 is 1. The van der Waals surface area contributed by atoms with Gasteiger partial charge in [0.1, 0.15) is 25.3 Å². The molecule has 5 heteroatoms. The van der Waals surface area contributed by atoms with Crippen molar-refractivity contribution in [2.45, 2.75) is 45.8 Å². The van der Waals surface area contributed by atoms with E-state index in [1.165, 1.54) is 0 Å². The van der Waals surface area contributed by atoms with Crippen molar-refractivity contribution in [3.8, 4) is 11.5 Å². The van der Waals surface area contributed by atoms with E-state index in [0.717, 1.165) is 32.5 Å². The Hall–Kier alpha value is -1.59. The first-order valence-corrected chi connectivity index (χ1v) is 8.80. The van der Waals surface area contributed by atoms with Gasteiger partial charge in [-0.05, 0) is 51.8 Å². The molecule has 2 rings (SSSR count). The molecule has 1 saturated heterocycles. The minimum Gasteiger partial charge on any atom is -0.493 e. The molecule has 0 saturated carbocycles. The number of hydrogen-bond acceptors (Lipinski definition) is 4. The van der Waals surface area contributed by atoms with Crippen LogP contribution in [0.4, 0.5) is 0 Å². The van der Waals surface area contributed by atoms with Gasteiger partial charge in [0.2, 0.25) is 0 Å². The lowest BCUT2D eigenvalue weighted by Crippen LogP contribution is -3.15. The third kappa shape index (κ3) is 5.49. The first-order chi connectivity index (χ1) is 11.5. The second kappa shape index (κ2) is 9.04. The molecule has 0 radical (unpaired) electrons. The van der Waals surface area contributed by atoms with Crippen LogP contribution in [0, 0.1) is 0 Å². The number of quaternary nitrogens is 1. The van der Waals surface area contributed by atoms with Gasteiger partial charge < -0.3 is 19.1 Å². The van der Waals surface area contributed by atoms with Crippen LogP contribution < -0.4 is 14.4 Å². The molecule has 134 valence electrons. The van der Waals surface area contributed by atoms with Crippen molar-refractivity contribution < 1.29 is 23.9 Å². The zero-order valence-corrected chi connectivity index (χ0v) is 15.3. The highest BCUT2D eigenvalue weighted by molar-refractivity contribution is 5.94. The fourth-order valence-corrected chi connectivity index (χ4v) is 3.26. The molecular weight excluding hydrogens is 306 g/mol. The quantitative estimate of drug-likeness (QED) is 0.580. The number of ketones is 1. The Bertz CT molecular complexity index is 536. The molecule has 0 spiro atoms. The van der Waals surface area contributed by atoms with E-state index in [1.807, 2.05) is 6.07 Å². The summed E-state index contributed by atoms with van der Waals surface area (Å²) in [4.78, 5) is 13.0. The topological polar surface area (TPSA) is 49.2 Å². The summed E-state index contributed by atoms with van der Waals surface area (Å²) in [6.07, 6.45) is 2.83. The van der Waals surface area contributed by atoms with Crippen molar-refractivity contribution in [1.29, 1.82) is 0 Å². The predicted molar refractivity (Wildman–Crippen MR) is 93.3 cm³/mol. The number of benzene rings is 1. The molecule has 5 nitrogen and oxygen atoms in total. The van der Waals surface area contributed by atoms with Crippen LogP contribution in [0.25, 0.3) is 0 Å². The fraction of sp³-hybridized carbons (Fsp3) is 0.632. The molecule has 1 aliphatic heterocycles. The summed E-state index contributed by atoms with van der Waals surface area (Å²) in [5.41, 5.74) is 0.637. The van der Waals surface area contributed by atoms with E-state index >= 15 is 0 Å². The summed E-state index contributed by atoms with van der Waals surface area (Å²) in [7, 11) is 1.59. The smallest absolute Gasteiger partial charge is 0.161 e. The van der Waals surface area contributed by atoms with E-state index in [2.05, 4.69) is 13.8 Å². The van der Waals surface area contributed by atoms with Crippen LogP contribution in [0.15, 0.2) is 18.2 Å². The maximum atomic E-state index is 11.4. The minimum atomic E-state index is 0.0248. The Morgan fingerprint density at radius 1 is 1.21 bits per heavy atom. The number of carbonyl (C=O) groups is 1. The van der Waals surface area contributed by atoms with Crippen LogP contribution in [0.5, 0.6) is 11.5 Å². The van der Waals surface area contributed by atoms with Gasteiger partial charge in [0, 0.05) is 5.56 Å². The predicted octanol–water partition coefficient (Wildman–Crippen LogP) is 1.75. The van der Waals surface area contributed by atoms with Crippen molar-refractivity contribution >= 4 is 5.78 Å². The Kier molecular flexibility index (Phi) is 7.06. The molecule has 1 heterocycles. The number of unbranched alkanes of at least 4 members (excludes halogenated alkanes) is 1. The summed E-state index contributed by atoms with van der Waals surface area (Å²) < 4.78 is 16.9. The number of nitrogens with one attached hydrogen (secondary N) is 1. The van der Waals surface area contributed by atoms with E-state index < -0.39 is 0 Å². The number of ether oxygens (including phenoxy) is 3. The fourth-order valence-electron chi connectivity index (χ4n) is 3.26. The monoisotopic (exact) mass is 336 g/mol. The molecule has 0 bridgehead atoms. The Labute approximate surface area is 144 Å². The van der Waals surface area contributed by atoms with Crippen LogP contribution in [-0.4, -0.2) is 51.3 Å². The highest BCUT2D eigenvalue weighted by Gasteiger charge is 2.24. The van der Waals surface area contributed by atoms with Crippen LogP contribution in [0.3, 0.4) is 0 Å². The summed E-state index contributed by atoms with van der Waals surface area (Å²) in [6, 6.07) is 5.32. The molecule has 3 atom stereocenters. The van der Waals surface area contributed by atoms with Crippen LogP contribution in [0.1, 0.15) is 44.0 Å². The molecule has 0 amide bonds. The third-order valence-electron chi connectivity index (χ3n) is 4.37. The summed E-state index contributed by atoms with van der Waals surface area (Å²) >= 11 is 0. The molecule has 1 fully saturated rings. The zero-order chi connectivity index (χ0) is 17.5. The number of morpholine rings is 1. The van der Waals surface area contributed by atoms with E-state index in [4.69, 9.17) is 14.2 Å². The van der Waals surface area contributed by atoms with Crippen LogP contribution in [-0.2, 0) is 4.74 Å². The highest BCUT2D eigenvalue weighted by atomic mass is 16.5. The van der Waals surface area contributed by atoms with Crippen molar-refractivity contribution in [1.82, 2.24) is 0 Å². The lowest BCUT2D eigenvalue weighted by molar-refractivity contribution is -0.915. The van der Waals surface area contributed by atoms with E-state index in [9.17, 15) is 4.79 Å².